The number of nitrogens with zero attached hydrogens (tertiary/aromatic N) is 2. The van der Waals surface area contributed by atoms with Crippen LogP contribution in [0.15, 0.2) is 52.4 Å². The molecular weight excluding hydrogens is 392 g/mol. The van der Waals surface area contributed by atoms with Gasteiger partial charge in [0.05, 0.1) is 24.4 Å². The highest BCUT2D eigenvalue weighted by atomic mass is 32.2. The van der Waals surface area contributed by atoms with Gasteiger partial charge in [-0.05, 0) is 61.6 Å². The molecule has 0 aliphatic carbocycles. The zero-order chi connectivity index (χ0) is 19.9. The molecule has 0 unspecified atom stereocenters. The summed E-state index contributed by atoms with van der Waals surface area (Å²) in [4.78, 5) is 18.6. The first-order chi connectivity index (χ1) is 13.6. The van der Waals surface area contributed by atoms with Gasteiger partial charge in [-0.25, -0.2) is 0 Å². The molecule has 0 aliphatic rings. The summed E-state index contributed by atoms with van der Waals surface area (Å²) in [6.07, 6.45) is 1.24. The average Bonchev–Trinajstić information content (AvgIpc) is 3.07. The van der Waals surface area contributed by atoms with Crippen molar-refractivity contribution in [1.29, 1.82) is 0 Å². The molecule has 7 heteroatoms. The molecule has 1 aromatic heterocycles. The van der Waals surface area contributed by atoms with Crippen molar-refractivity contribution in [3.05, 3.63) is 47.3 Å². The Kier molecular flexibility index (Phi) is 7.17. The molecule has 1 amide bonds. The lowest BCUT2D eigenvalue weighted by atomic mass is 10.3. The second-order valence-corrected chi connectivity index (χ2v) is 8.27. The summed E-state index contributed by atoms with van der Waals surface area (Å²) in [7, 11) is 3.31. The van der Waals surface area contributed by atoms with Crippen LogP contribution in [0.5, 0.6) is 11.5 Å². The van der Waals surface area contributed by atoms with Gasteiger partial charge in [-0.3, -0.25) is 4.79 Å². The first-order valence-corrected chi connectivity index (χ1v) is 11.0. The van der Waals surface area contributed by atoms with Crippen LogP contribution in [0.1, 0.15) is 19.8 Å². The van der Waals surface area contributed by atoms with E-state index in [4.69, 9.17) is 9.47 Å². The van der Waals surface area contributed by atoms with Gasteiger partial charge < -0.3 is 14.0 Å². The van der Waals surface area contributed by atoms with Crippen LogP contribution in [0.3, 0.4) is 0 Å². The van der Waals surface area contributed by atoms with Crippen LogP contribution >= 0.6 is 23.1 Å². The van der Waals surface area contributed by atoms with Gasteiger partial charge in [-0.1, -0.05) is 11.3 Å². The summed E-state index contributed by atoms with van der Waals surface area (Å²) < 4.78 is 13.6. The molecule has 0 saturated carbocycles. The van der Waals surface area contributed by atoms with E-state index in [2.05, 4.69) is 16.5 Å². The van der Waals surface area contributed by atoms with Crippen molar-refractivity contribution < 1.29 is 14.3 Å². The number of hydrogen-bond donors (Lipinski definition) is 0. The Balaban J connectivity index is 1.62. The van der Waals surface area contributed by atoms with Crippen LogP contribution in [-0.2, 0) is 11.3 Å². The number of ether oxygens (including phenoxy) is 2. The summed E-state index contributed by atoms with van der Waals surface area (Å²) in [5, 5.41) is 0. The average molecular weight is 417 g/mol. The molecule has 0 atom stereocenters. The number of thiazole rings is 1. The number of aryl methyl sites for hydroxylation is 1. The number of carbonyl (C=O) groups is 1. The maximum absolute atomic E-state index is 12.4. The smallest absolute Gasteiger partial charge is 0.248 e. The molecule has 0 bridgehead atoms. The summed E-state index contributed by atoms with van der Waals surface area (Å²) in [6.45, 7) is 2.83. The predicted octanol–water partition coefficient (Wildman–Crippen LogP) is 4.74. The van der Waals surface area contributed by atoms with E-state index in [0.29, 0.717) is 6.42 Å². The molecule has 148 valence electrons. The molecule has 28 heavy (non-hydrogen) atoms. The number of amides is 1. The summed E-state index contributed by atoms with van der Waals surface area (Å²) >= 11 is 3.26. The van der Waals surface area contributed by atoms with Crippen molar-refractivity contribution in [2.45, 2.75) is 31.2 Å². The van der Waals surface area contributed by atoms with Gasteiger partial charge >= 0.3 is 0 Å². The van der Waals surface area contributed by atoms with Crippen LogP contribution in [0.25, 0.3) is 10.2 Å². The molecule has 3 rings (SSSR count). The third-order valence-electron chi connectivity index (χ3n) is 4.29. The van der Waals surface area contributed by atoms with Crippen LogP contribution in [0, 0.1) is 0 Å². The lowest BCUT2D eigenvalue weighted by molar-refractivity contribution is -0.118. The van der Waals surface area contributed by atoms with Gasteiger partial charge in [0.2, 0.25) is 5.91 Å². The Morgan fingerprint density at radius 1 is 1.11 bits per heavy atom. The van der Waals surface area contributed by atoms with Gasteiger partial charge in [-0.15, -0.1) is 11.8 Å². The number of rotatable bonds is 8. The standard InChI is InChI=1S/C21H24N2O3S2/c1-4-23-18-12-9-16(26-3)14-19(18)28-21(23)22-20(24)6-5-13-27-17-10-7-15(25-2)8-11-17/h7-12,14H,4-6,13H2,1-3H3. The highest BCUT2D eigenvalue weighted by Crippen LogP contribution is 2.24. The molecular formula is C21H24N2O3S2. The maximum Gasteiger partial charge on any atom is 0.248 e. The van der Waals surface area contributed by atoms with E-state index in [9.17, 15) is 4.79 Å². The Morgan fingerprint density at radius 3 is 2.50 bits per heavy atom. The van der Waals surface area contributed by atoms with Crippen LogP contribution in [0.2, 0.25) is 0 Å². The number of benzene rings is 2. The summed E-state index contributed by atoms with van der Waals surface area (Å²) in [5.41, 5.74) is 1.08. The van der Waals surface area contributed by atoms with Gasteiger partial charge in [0.1, 0.15) is 11.5 Å². The fourth-order valence-electron chi connectivity index (χ4n) is 2.82. The Hall–Kier alpha value is -2.25. The monoisotopic (exact) mass is 416 g/mol. The highest BCUT2D eigenvalue weighted by molar-refractivity contribution is 7.99. The van der Waals surface area contributed by atoms with Crippen LogP contribution < -0.4 is 14.3 Å². The van der Waals surface area contributed by atoms with Crippen molar-refractivity contribution in [1.82, 2.24) is 4.57 Å². The van der Waals surface area contributed by atoms with E-state index in [1.54, 1.807) is 26.0 Å². The maximum atomic E-state index is 12.4. The number of fused-ring (bicyclic) bond motifs is 1. The minimum absolute atomic E-state index is 0.0731. The van der Waals surface area contributed by atoms with Crippen molar-refractivity contribution in [2.75, 3.05) is 20.0 Å². The van der Waals surface area contributed by atoms with Crippen molar-refractivity contribution in [3.8, 4) is 11.5 Å². The van der Waals surface area contributed by atoms with Gasteiger partial charge in [0.25, 0.3) is 0 Å². The third kappa shape index (κ3) is 4.97. The SMILES string of the molecule is CCn1c(=NC(=O)CCCSc2ccc(OC)cc2)sc2cc(OC)ccc21. The number of hydrogen-bond acceptors (Lipinski definition) is 5. The second kappa shape index (κ2) is 9.80. The molecule has 0 spiro atoms. The topological polar surface area (TPSA) is 52.8 Å². The molecule has 0 aliphatic heterocycles. The van der Waals surface area contributed by atoms with Crippen LogP contribution in [-0.4, -0.2) is 30.4 Å². The molecule has 0 radical (unpaired) electrons. The van der Waals surface area contributed by atoms with E-state index in [1.807, 2.05) is 42.5 Å². The van der Waals surface area contributed by atoms with Gasteiger partial charge in [0.15, 0.2) is 4.80 Å². The highest BCUT2D eigenvalue weighted by Gasteiger charge is 2.08. The number of methoxy groups -OCH3 is 2. The second-order valence-electron chi connectivity index (χ2n) is 6.10. The molecule has 2 aromatic carbocycles. The Labute approximate surface area is 173 Å². The van der Waals surface area contributed by atoms with E-state index in [-0.39, 0.29) is 5.91 Å². The van der Waals surface area contributed by atoms with E-state index in [0.717, 1.165) is 45.2 Å². The number of carbonyl (C=O) groups excluding carboxylic acids is 1. The summed E-state index contributed by atoms with van der Waals surface area (Å²) in [5.74, 6) is 2.47. The molecule has 0 fully saturated rings. The fraction of sp³-hybridized carbons (Fsp3) is 0.333. The minimum atomic E-state index is -0.0731. The lowest BCUT2D eigenvalue weighted by Gasteiger charge is -2.03. The van der Waals surface area contributed by atoms with Crippen molar-refractivity contribution >= 4 is 39.2 Å². The zero-order valence-corrected chi connectivity index (χ0v) is 17.9. The zero-order valence-electron chi connectivity index (χ0n) is 16.3. The summed E-state index contributed by atoms with van der Waals surface area (Å²) in [6, 6.07) is 13.9. The fourth-order valence-corrected chi connectivity index (χ4v) is 4.81. The molecule has 1 heterocycles. The first-order valence-electron chi connectivity index (χ1n) is 9.16. The minimum Gasteiger partial charge on any atom is -0.497 e. The quantitative estimate of drug-likeness (QED) is 0.393. The molecule has 0 N–H and O–H groups in total. The van der Waals surface area contributed by atoms with Crippen molar-refractivity contribution in [3.63, 3.8) is 0 Å². The van der Waals surface area contributed by atoms with Gasteiger partial charge in [-0.2, -0.15) is 4.99 Å². The number of aromatic nitrogens is 1. The molecule has 5 nitrogen and oxygen atoms in total. The first kappa shape index (κ1) is 20.5. The largest absolute Gasteiger partial charge is 0.497 e. The lowest BCUT2D eigenvalue weighted by Crippen LogP contribution is -2.15. The Morgan fingerprint density at radius 2 is 1.82 bits per heavy atom. The van der Waals surface area contributed by atoms with E-state index < -0.39 is 0 Å². The molecule has 3 aromatic rings. The normalized spacial score (nSPS) is 11.8. The van der Waals surface area contributed by atoms with Crippen LogP contribution in [0.4, 0.5) is 0 Å². The van der Waals surface area contributed by atoms with Gasteiger partial charge in [0, 0.05) is 17.9 Å². The van der Waals surface area contributed by atoms with E-state index >= 15 is 0 Å². The Bertz CT molecular complexity index is 1010. The third-order valence-corrected chi connectivity index (χ3v) is 6.43. The molecule has 0 saturated heterocycles. The van der Waals surface area contributed by atoms with E-state index in [1.165, 1.54) is 16.2 Å². The predicted molar refractivity (Wildman–Crippen MR) is 116 cm³/mol. The number of thioether (sulfide) groups is 1. The van der Waals surface area contributed by atoms with Crippen molar-refractivity contribution in [2.24, 2.45) is 4.99 Å².